The van der Waals surface area contributed by atoms with Gasteiger partial charge in [-0.05, 0) is 50.6 Å². The van der Waals surface area contributed by atoms with E-state index in [0.29, 0.717) is 23.5 Å². The SMILES string of the molecule is CCOc1ccc2oc(C)c(C(=O)Nc3ccccc3C)c2c1. The number of aryl methyl sites for hydroxylation is 2. The van der Waals surface area contributed by atoms with Gasteiger partial charge in [0.05, 0.1) is 12.2 Å². The van der Waals surface area contributed by atoms with Gasteiger partial charge in [-0.3, -0.25) is 4.79 Å². The molecule has 3 rings (SSSR count). The molecule has 0 saturated heterocycles. The number of anilines is 1. The molecular weight excluding hydrogens is 290 g/mol. The minimum absolute atomic E-state index is 0.177. The average Bonchev–Trinajstić information content (AvgIpc) is 2.85. The summed E-state index contributed by atoms with van der Waals surface area (Å²) in [5.74, 6) is 1.15. The quantitative estimate of drug-likeness (QED) is 0.760. The summed E-state index contributed by atoms with van der Waals surface area (Å²) in [6, 6.07) is 13.2. The Kier molecular flexibility index (Phi) is 4.06. The number of furan rings is 1. The van der Waals surface area contributed by atoms with Crippen LogP contribution in [-0.4, -0.2) is 12.5 Å². The van der Waals surface area contributed by atoms with E-state index >= 15 is 0 Å². The van der Waals surface area contributed by atoms with E-state index in [9.17, 15) is 4.79 Å². The van der Waals surface area contributed by atoms with E-state index in [1.807, 2.05) is 56.3 Å². The van der Waals surface area contributed by atoms with Crippen LogP contribution in [0.5, 0.6) is 5.75 Å². The molecule has 1 N–H and O–H groups in total. The second kappa shape index (κ2) is 6.16. The van der Waals surface area contributed by atoms with Crippen molar-refractivity contribution in [2.45, 2.75) is 20.8 Å². The molecule has 0 bridgehead atoms. The summed E-state index contributed by atoms with van der Waals surface area (Å²) < 4.78 is 11.2. The van der Waals surface area contributed by atoms with Crippen LogP contribution in [-0.2, 0) is 0 Å². The molecule has 0 aliphatic rings. The third kappa shape index (κ3) is 2.93. The van der Waals surface area contributed by atoms with Crippen molar-refractivity contribution >= 4 is 22.6 Å². The monoisotopic (exact) mass is 309 g/mol. The lowest BCUT2D eigenvalue weighted by molar-refractivity contribution is 0.102. The topological polar surface area (TPSA) is 51.5 Å². The van der Waals surface area contributed by atoms with Crippen molar-refractivity contribution < 1.29 is 13.9 Å². The van der Waals surface area contributed by atoms with Crippen LogP contribution in [0.3, 0.4) is 0 Å². The summed E-state index contributed by atoms with van der Waals surface area (Å²) in [6.45, 7) is 6.26. The van der Waals surface area contributed by atoms with Gasteiger partial charge in [-0.25, -0.2) is 0 Å². The molecule has 0 aliphatic heterocycles. The van der Waals surface area contributed by atoms with Crippen LogP contribution in [0.4, 0.5) is 5.69 Å². The first-order chi connectivity index (χ1) is 11.1. The molecule has 4 nitrogen and oxygen atoms in total. The van der Waals surface area contributed by atoms with Crippen molar-refractivity contribution in [1.29, 1.82) is 0 Å². The van der Waals surface area contributed by atoms with Gasteiger partial charge in [-0.1, -0.05) is 18.2 Å². The molecule has 4 heteroatoms. The Labute approximate surface area is 135 Å². The maximum atomic E-state index is 12.7. The maximum absolute atomic E-state index is 12.7. The number of ether oxygens (including phenoxy) is 1. The Balaban J connectivity index is 2.01. The zero-order chi connectivity index (χ0) is 16.4. The number of amides is 1. The zero-order valence-corrected chi connectivity index (χ0v) is 13.5. The summed E-state index contributed by atoms with van der Waals surface area (Å²) in [4.78, 5) is 12.7. The predicted molar refractivity (Wildman–Crippen MR) is 91.3 cm³/mol. The highest BCUT2D eigenvalue weighted by atomic mass is 16.5. The molecule has 3 aromatic rings. The number of hydrogen-bond acceptors (Lipinski definition) is 3. The molecule has 23 heavy (non-hydrogen) atoms. The first-order valence-electron chi connectivity index (χ1n) is 7.63. The molecule has 0 unspecified atom stereocenters. The molecule has 118 valence electrons. The fraction of sp³-hybridized carbons (Fsp3) is 0.211. The molecule has 0 atom stereocenters. The van der Waals surface area contributed by atoms with Gasteiger partial charge in [0.15, 0.2) is 0 Å². The van der Waals surface area contributed by atoms with E-state index < -0.39 is 0 Å². The number of para-hydroxylation sites is 1. The van der Waals surface area contributed by atoms with Crippen LogP contribution < -0.4 is 10.1 Å². The molecule has 1 amide bonds. The lowest BCUT2D eigenvalue weighted by atomic mass is 10.1. The van der Waals surface area contributed by atoms with Crippen LogP contribution in [0, 0.1) is 13.8 Å². The van der Waals surface area contributed by atoms with E-state index in [2.05, 4.69) is 5.32 Å². The second-order valence-electron chi connectivity index (χ2n) is 5.39. The van der Waals surface area contributed by atoms with Gasteiger partial charge in [0, 0.05) is 11.1 Å². The summed E-state index contributed by atoms with van der Waals surface area (Å²) in [7, 11) is 0. The van der Waals surface area contributed by atoms with Crippen molar-refractivity contribution in [1.82, 2.24) is 0 Å². The largest absolute Gasteiger partial charge is 0.494 e. The van der Waals surface area contributed by atoms with Crippen molar-refractivity contribution in [2.75, 3.05) is 11.9 Å². The number of benzene rings is 2. The van der Waals surface area contributed by atoms with Gasteiger partial charge in [-0.2, -0.15) is 0 Å². The Morgan fingerprint density at radius 3 is 2.70 bits per heavy atom. The first-order valence-corrected chi connectivity index (χ1v) is 7.63. The third-order valence-electron chi connectivity index (χ3n) is 3.77. The fourth-order valence-corrected chi connectivity index (χ4v) is 2.64. The van der Waals surface area contributed by atoms with Crippen LogP contribution >= 0.6 is 0 Å². The van der Waals surface area contributed by atoms with Crippen molar-refractivity contribution in [2.24, 2.45) is 0 Å². The van der Waals surface area contributed by atoms with Gasteiger partial charge in [-0.15, -0.1) is 0 Å². The maximum Gasteiger partial charge on any atom is 0.259 e. The van der Waals surface area contributed by atoms with Gasteiger partial charge in [0.2, 0.25) is 0 Å². The third-order valence-corrected chi connectivity index (χ3v) is 3.77. The molecule has 0 fully saturated rings. The fourth-order valence-electron chi connectivity index (χ4n) is 2.64. The van der Waals surface area contributed by atoms with Crippen LogP contribution in [0.1, 0.15) is 28.6 Å². The molecule has 1 heterocycles. The second-order valence-corrected chi connectivity index (χ2v) is 5.39. The molecular formula is C19H19NO3. The minimum atomic E-state index is -0.177. The van der Waals surface area contributed by atoms with Crippen molar-refractivity contribution in [3.63, 3.8) is 0 Å². The number of nitrogens with one attached hydrogen (secondary N) is 1. The summed E-state index contributed by atoms with van der Waals surface area (Å²) in [5.41, 5.74) is 3.04. The molecule has 0 saturated carbocycles. The number of fused-ring (bicyclic) bond motifs is 1. The van der Waals surface area contributed by atoms with Gasteiger partial charge in [0.1, 0.15) is 17.1 Å². The lowest BCUT2D eigenvalue weighted by Crippen LogP contribution is -2.13. The Morgan fingerprint density at radius 1 is 1.17 bits per heavy atom. The Morgan fingerprint density at radius 2 is 1.96 bits per heavy atom. The number of rotatable bonds is 4. The lowest BCUT2D eigenvalue weighted by Gasteiger charge is -2.08. The highest BCUT2D eigenvalue weighted by molar-refractivity contribution is 6.13. The molecule has 0 spiro atoms. The Hall–Kier alpha value is -2.75. The van der Waals surface area contributed by atoms with Crippen LogP contribution in [0.2, 0.25) is 0 Å². The van der Waals surface area contributed by atoms with E-state index in [1.54, 1.807) is 6.92 Å². The number of carbonyl (C=O) groups is 1. The minimum Gasteiger partial charge on any atom is -0.494 e. The van der Waals surface area contributed by atoms with Gasteiger partial charge in [0.25, 0.3) is 5.91 Å². The van der Waals surface area contributed by atoms with E-state index in [1.165, 1.54) is 0 Å². The highest BCUT2D eigenvalue weighted by Gasteiger charge is 2.19. The number of hydrogen-bond donors (Lipinski definition) is 1. The van der Waals surface area contributed by atoms with Crippen molar-refractivity contribution in [3.05, 3.63) is 59.4 Å². The molecule has 1 aromatic heterocycles. The molecule has 2 aromatic carbocycles. The molecule has 0 aliphatic carbocycles. The average molecular weight is 309 g/mol. The number of carbonyl (C=O) groups excluding carboxylic acids is 1. The summed E-state index contributed by atoms with van der Waals surface area (Å²) in [5, 5.41) is 3.72. The molecule has 0 radical (unpaired) electrons. The standard InChI is InChI=1S/C19H19NO3/c1-4-22-14-9-10-17-15(11-14)18(13(3)23-17)19(21)20-16-8-6-5-7-12(16)2/h5-11H,4H2,1-3H3,(H,20,21). The Bertz CT molecular complexity index is 864. The zero-order valence-electron chi connectivity index (χ0n) is 13.5. The van der Waals surface area contributed by atoms with E-state index in [4.69, 9.17) is 9.15 Å². The van der Waals surface area contributed by atoms with Crippen LogP contribution in [0.15, 0.2) is 46.9 Å². The predicted octanol–water partition coefficient (Wildman–Crippen LogP) is 4.70. The van der Waals surface area contributed by atoms with Crippen molar-refractivity contribution in [3.8, 4) is 5.75 Å². The van der Waals surface area contributed by atoms with Gasteiger partial charge < -0.3 is 14.5 Å². The summed E-state index contributed by atoms with van der Waals surface area (Å²) in [6.07, 6.45) is 0. The summed E-state index contributed by atoms with van der Waals surface area (Å²) >= 11 is 0. The van der Waals surface area contributed by atoms with Crippen LogP contribution in [0.25, 0.3) is 11.0 Å². The van der Waals surface area contributed by atoms with E-state index in [-0.39, 0.29) is 5.91 Å². The highest BCUT2D eigenvalue weighted by Crippen LogP contribution is 2.30. The first kappa shape index (κ1) is 15.2. The van der Waals surface area contributed by atoms with Gasteiger partial charge >= 0.3 is 0 Å². The van der Waals surface area contributed by atoms with E-state index in [0.717, 1.165) is 22.4 Å². The normalized spacial score (nSPS) is 10.7. The smallest absolute Gasteiger partial charge is 0.259 e.